The molecule has 0 radical (unpaired) electrons. The summed E-state index contributed by atoms with van der Waals surface area (Å²) < 4.78 is 0. The van der Waals surface area contributed by atoms with Crippen LogP contribution in [0, 0.1) is 12.8 Å². The number of aromatic amines is 1. The van der Waals surface area contributed by atoms with Gasteiger partial charge in [-0.15, -0.1) is 0 Å². The monoisotopic (exact) mass is 376 g/mol. The second-order valence-corrected chi connectivity index (χ2v) is 7.62. The number of nitrogens with zero attached hydrogens (tertiary/aromatic N) is 1. The van der Waals surface area contributed by atoms with Gasteiger partial charge in [0.1, 0.15) is 0 Å². The molecule has 0 spiro atoms. The van der Waals surface area contributed by atoms with Gasteiger partial charge in [-0.25, -0.2) is 0 Å². The highest BCUT2D eigenvalue weighted by Gasteiger charge is 2.40. The Morgan fingerprint density at radius 2 is 1.93 bits per heavy atom. The second kappa shape index (κ2) is 7.50. The summed E-state index contributed by atoms with van der Waals surface area (Å²) in [6.07, 6.45) is 3.00. The molecule has 3 aromatic rings. The van der Waals surface area contributed by atoms with Crippen molar-refractivity contribution in [3.63, 3.8) is 0 Å². The number of likely N-dealkylation sites (tertiary alicyclic amines) is 1. The lowest BCUT2D eigenvalue weighted by molar-refractivity contribution is -0.141. The number of H-pyrrole nitrogens is 1. The van der Waals surface area contributed by atoms with E-state index in [1.807, 2.05) is 36.5 Å². The predicted molar refractivity (Wildman–Crippen MR) is 108 cm³/mol. The molecule has 1 saturated heterocycles. The smallest absolute Gasteiger partial charge is 0.308 e. The van der Waals surface area contributed by atoms with Crippen LogP contribution in [0.2, 0.25) is 0 Å². The number of carbonyl (C=O) groups excluding carboxylic acids is 1. The van der Waals surface area contributed by atoms with Gasteiger partial charge in [0.05, 0.1) is 5.92 Å². The number of aryl methyl sites for hydroxylation is 2. The molecule has 1 aliphatic rings. The van der Waals surface area contributed by atoms with E-state index in [1.54, 1.807) is 4.90 Å². The third-order valence-electron chi connectivity index (χ3n) is 5.75. The van der Waals surface area contributed by atoms with Gasteiger partial charge in [-0.05, 0) is 36.6 Å². The third kappa shape index (κ3) is 3.52. The molecular formula is C23H24N2O3. The molecule has 1 amide bonds. The molecule has 1 aromatic heterocycles. The van der Waals surface area contributed by atoms with E-state index in [2.05, 4.69) is 30.1 Å². The Labute approximate surface area is 164 Å². The van der Waals surface area contributed by atoms with Crippen molar-refractivity contribution < 1.29 is 14.7 Å². The lowest BCUT2D eigenvalue weighted by Crippen LogP contribution is -2.30. The van der Waals surface area contributed by atoms with Crippen molar-refractivity contribution in [1.29, 1.82) is 0 Å². The average Bonchev–Trinajstić information content (AvgIpc) is 3.31. The Kier molecular flexibility index (Phi) is 4.90. The van der Waals surface area contributed by atoms with Gasteiger partial charge in [0.25, 0.3) is 0 Å². The zero-order valence-corrected chi connectivity index (χ0v) is 15.9. The number of amides is 1. The fourth-order valence-electron chi connectivity index (χ4n) is 4.19. The zero-order valence-electron chi connectivity index (χ0n) is 15.9. The molecule has 2 aromatic carbocycles. The first-order valence-corrected chi connectivity index (χ1v) is 9.65. The zero-order chi connectivity index (χ0) is 19.7. The predicted octanol–water partition coefficient (Wildman–Crippen LogP) is 3.74. The topological polar surface area (TPSA) is 73.4 Å². The summed E-state index contributed by atoms with van der Waals surface area (Å²) in [5.41, 5.74) is 4.37. The number of fused-ring (bicyclic) bond motifs is 1. The molecule has 144 valence electrons. The minimum absolute atomic E-state index is 0.0201. The van der Waals surface area contributed by atoms with Crippen molar-refractivity contribution in [2.75, 3.05) is 13.1 Å². The molecule has 28 heavy (non-hydrogen) atoms. The van der Waals surface area contributed by atoms with Crippen molar-refractivity contribution in [1.82, 2.24) is 9.88 Å². The van der Waals surface area contributed by atoms with E-state index >= 15 is 0 Å². The SMILES string of the molecule is Cc1ccc2[nH]cc(CCC(=O)N3C[C@H](C(=O)O)[C@H](c4ccccc4)C3)c2c1. The number of nitrogens with one attached hydrogen (secondary N) is 1. The van der Waals surface area contributed by atoms with Crippen LogP contribution in [-0.4, -0.2) is 40.0 Å². The van der Waals surface area contributed by atoms with Crippen LogP contribution in [0.5, 0.6) is 0 Å². The lowest BCUT2D eigenvalue weighted by atomic mass is 9.89. The van der Waals surface area contributed by atoms with Gasteiger partial charge in [0.2, 0.25) is 5.91 Å². The van der Waals surface area contributed by atoms with Gasteiger partial charge in [-0.3, -0.25) is 9.59 Å². The van der Waals surface area contributed by atoms with Crippen molar-refractivity contribution in [2.24, 2.45) is 5.92 Å². The van der Waals surface area contributed by atoms with E-state index in [1.165, 1.54) is 5.56 Å². The standard InChI is InChI=1S/C23H24N2O3/c1-15-7-9-21-18(11-15)17(12-24-21)8-10-22(26)25-13-19(20(14-25)23(27)28)16-5-3-2-4-6-16/h2-7,9,11-12,19-20,24H,8,10,13-14H2,1H3,(H,27,28)/t19-,20-/m0/s1. The molecule has 1 fully saturated rings. The summed E-state index contributed by atoms with van der Waals surface area (Å²) >= 11 is 0. The first-order chi connectivity index (χ1) is 13.5. The first-order valence-electron chi connectivity index (χ1n) is 9.65. The molecule has 2 heterocycles. The molecule has 0 bridgehead atoms. The number of benzene rings is 2. The van der Waals surface area contributed by atoms with Gasteiger partial charge in [-0.2, -0.15) is 0 Å². The molecule has 2 N–H and O–H groups in total. The largest absolute Gasteiger partial charge is 0.481 e. The summed E-state index contributed by atoms with van der Waals surface area (Å²) in [5.74, 6) is -1.52. The highest BCUT2D eigenvalue weighted by molar-refractivity contribution is 5.85. The van der Waals surface area contributed by atoms with Gasteiger partial charge in [0, 0.05) is 42.5 Å². The number of carboxylic acids is 1. The summed E-state index contributed by atoms with van der Waals surface area (Å²) in [6.45, 7) is 2.80. The number of carbonyl (C=O) groups is 2. The Balaban J connectivity index is 1.46. The molecule has 0 saturated carbocycles. The lowest BCUT2D eigenvalue weighted by Gasteiger charge is -2.16. The summed E-state index contributed by atoms with van der Waals surface area (Å²) in [7, 11) is 0. The van der Waals surface area contributed by atoms with Crippen LogP contribution in [0.15, 0.2) is 54.7 Å². The Morgan fingerprint density at radius 1 is 1.14 bits per heavy atom. The fourth-order valence-corrected chi connectivity index (χ4v) is 4.19. The van der Waals surface area contributed by atoms with Crippen LogP contribution in [0.3, 0.4) is 0 Å². The number of hydrogen-bond acceptors (Lipinski definition) is 2. The molecular weight excluding hydrogens is 352 g/mol. The number of rotatable bonds is 5. The van der Waals surface area contributed by atoms with Crippen LogP contribution < -0.4 is 0 Å². The van der Waals surface area contributed by atoms with E-state index < -0.39 is 11.9 Å². The van der Waals surface area contributed by atoms with E-state index in [0.29, 0.717) is 19.4 Å². The van der Waals surface area contributed by atoms with Crippen molar-refractivity contribution in [3.05, 3.63) is 71.4 Å². The van der Waals surface area contributed by atoms with Gasteiger partial charge in [-0.1, -0.05) is 42.0 Å². The minimum atomic E-state index is -0.837. The minimum Gasteiger partial charge on any atom is -0.481 e. The second-order valence-electron chi connectivity index (χ2n) is 7.62. The number of aromatic nitrogens is 1. The van der Waals surface area contributed by atoms with Gasteiger partial charge < -0.3 is 15.0 Å². The molecule has 2 atom stereocenters. The third-order valence-corrected chi connectivity index (χ3v) is 5.75. The Morgan fingerprint density at radius 3 is 2.68 bits per heavy atom. The molecule has 5 heteroatoms. The Hall–Kier alpha value is -3.08. The van der Waals surface area contributed by atoms with Crippen molar-refractivity contribution in [2.45, 2.75) is 25.7 Å². The molecule has 0 unspecified atom stereocenters. The molecule has 1 aliphatic heterocycles. The summed E-state index contributed by atoms with van der Waals surface area (Å²) in [4.78, 5) is 29.5. The number of carboxylic acid groups (broad SMARTS) is 1. The fraction of sp³-hybridized carbons (Fsp3) is 0.304. The van der Waals surface area contributed by atoms with Crippen LogP contribution in [0.4, 0.5) is 0 Å². The highest BCUT2D eigenvalue weighted by Crippen LogP contribution is 2.33. The van der Waals surface area contributed by atoms with Crippen LogP contribution in [-0.2, 0) is 16.0 Å². The Bertz CT molecular complexity index is 1010. The molecule has 4 rings (SSSR count). The molecule has 5 nitrogen and oxygen atoms in total. The maximum atomic E-state index is 12.8. The van der Waals surface area contributed by atoms with E-state index in [9.17, 15) is 14.7 Å². The number of hydrogen-bond donors (Lipinski definition) is 2. The van der Waals surface area contributed by atoms with Gasteiger partial charge >= 0.3 is 5.97 Å². The van der Waals surface area contributed by atoms with Crippen LogP contribution in [0.25, 0.3) is 10.9 Å². The van der Waals surface area contributed by atoms with E-state index in [4.69, 9.17) is 0 Å². The average molecular weight is 376 g/mol. The van der Waals surface area contributed by atoms with Gasteiger partial charge in [0.15, 0.2) is 0 Å². The normalized spacial score (nSPS) is 19.2. The van der Waals surface area contributed by atoms with Crippen molar-refractivity contribution in [3.8, 4) is 0 Å². The van der Waals surface area contributed by atoms with E-state index in [-0.39, 0.29) is 18.4 Å². The maximum Gasteiger partial charge on any atom is 0.308 e. The van der Waals surface area contributed by atoms with Crippen LogP contribution in [0.1, 0.15) is 29.0 Å². The highest BCUT2D eigenvalue weighted by atomic mass is 16.4. The summed E-state index contributed by atoms with van der Waals surface area (Å²) in [6, 6.07) is 15.9. The van der Waals surface area contributed by atoms with E-state index in [0.717, 1.165) is 22.0 Å². The maximum absolute atomic E-state index is 12.8. The van der Waals surface area contributed by atoms with Crippen LogP contribution >= 0.6 is 0 Å². The van der Waals surface area contributed by atoms with Crippen molar-refractivity contribution >= 4 is 22.8 Å². The summed E-state index contributed by atoms with van der Waals surface area (Å²) in [5, 5.41) is 10.8. The first kappa shape index (κ1) is 18.3. The molecule has 0 aliphatic carbocycles. The quantitative estimate of drug-likeness (QED) is 0.712. The number of aliphatic carboxylic acids is 1.